The first-order valence-electron chi connectivity index (χ1n) is 10.5. The van der Waals surface area contributed by atoms with E-state index in [4.69, 9.17) is 14.2 Å². The van der Waals surface area contributed by atoms with Gasteiger partial charge < -0.3 is 24.4 Å². The summed E-state index contributed by atoms with van der Waals surface area (Å²) in [4.78, 5) is 26.5. The van der Waals surface area contributed by atoms with E-state index in [1.807, 2.05) is 18.2 Å². The first kappa shape index (κ1) is 21.0. The van der Waals surface area contributed by atoms with E-state index >= 15 is 0 Å². The van der Waals surface area contributed by atoms with E-state index in [9.17, 15) is 9.59 Å². The molecule has 9 heteroatoms. The average molecular weight is 428 g/mol. The van der Waals surface area contributed by atoms with Crippen LogP contribution in [-0.4, -0.2) is 66.5 Å². The van der Waals surface area contributed by atoms with E-state index in [1.54, 1.807) is 36.9 Å². The van der Waals surface area contributed by atoms with Crippen molar-refractivity contribution < 1.29 is 23.8 Å². The molecule has 1 fully saturated rings. The molecule has 1 aliphatic carbocycles. The fourth-order valence-electron chi connectivity index (χ4n) is 4.13. The number of hydrogen-bond donors (Lipinski definition) is 1. The topological polar surface area (TPSA) is 94.9 Å². The Morgan fingerprint density at radius 1 is 1.10 bits per heavy atom. The Morgan fingerprint density at radius 2 is 1.84 bits per heavy atom. The van der Waals surface area contributed by atoms with Crippen LogP contribution in [0, 0.1) is 0 Å². The van der Waals surface area contributed by atoms with Crippen molar-refractivity contribution in [3.05, 3.63) is 35.7 Å². The summed E-state index contributed by atoms with van der Waals surface area (Å²) in [6, 6.07) is 7.20. The van der Waals surface area contributed by atoms with E-state index < -0.39 is 0 Å². The van der Waals surface area contributed by atoms with Crippen LogP contribution in [0.5, 0.6) is 17.2 Å². The zero-order chi connectivity index (χ0) is 22.0. The fraction of sp³-hybridized carbons (Fsp3) is 0.500. The first-order valence-corrected chi connectivity index (χ1v) is 10.5. The van der Waals surface area contributed by atoms with Gasteiger partial charge in [0.15, 0.2) is 17.2 Å². The molecule has 9 nitrogen and oxygen atoms in total. The highest BCUT2D eigenvalue weighted by Gasteiger charge is 2.28. The lowest BCUT2D eigenvalue weighted by molar-refractivity contribution is 0.0741. The number of ether oxygens (including phenoxy) is 3. The summed E-state index contributed by atoms with van der Waals surface area (Å²) in [6.45, 7) is 1.19. The van der Waals surface area contributed by atoms with E-state index in [-0.39, 0.29) is 29.7 Å². The number of nitrogens with one attached hydrogen (secondary N) is 1. The summed E-state index contributed by atoms with van der Waals surface area (Å²) >= 11 is 0. The van der Waals surface area contributed by atoms with Gasteiger partial charge in [0.2, 0.25) is 5.75 Å². The SMILES string of the molecule is COc1cccc(OC2CCC(NC(=O)c3cc4n(n3)CCN(C)C4=O)CC2)c1OC. The number of benzene rings is 1. The van der Waals surface area contributed by atoms with Gasteiger partial charge in [-0.25, -0.2) is 0 Å². The summed E-state index contributed by atoms with van der Waals surface area (Å²) in [7, 11) is 4.94. The summed E-state index contributed by atoms with van der Waals surface area (Å²) in [5.74, 6) is 1.53. The summed E-state index contributed by atoms with van der Waals surface area (Å²) in [5.41, 5.74) is 0.751. The monoisotopic (exact) mass is 428 g/mol. The number of hydrogen-bond acceptors (Lipinski definition) is 6. The maximum Gasteiger partial charge on any atom is 0.272 e. The molecule has 31 heavy (non-hydrogen) atoms. The lowest BCUT2D eigenvalue weighted by atomic mass is 9.92. The van der Waals surface area contributed by atoms with Gasteiger partial charge in [-0.2, -0.15) is 5.10 Å². The van der Waals surface area contributed by atoms with E-state index in [0.29, 0.717) is 36.0 Å². The molecular formula is C22H28N4O5. The van der Waals surface area contributed by atoms with E-state index in [2.05, 4.69) is 10.4 Å². The van der Waals surface area contributed by atoms with Crippen LogP contribution >= 0.6 is 0 Å². The minimum Gasteiger partial charge on any atom is -0.493 e. The van der Waals surface area contributed by atoms with Crippen molar-refractivity contribution >= 4 is 11.8 Å². The van der Waals surface area contributed by atoms with Crippen LogP contribution in [0.25, 0.3) is 0 Å². The Balaban J connectivity index is 1.32. The first-order chi connectivity index (χ1) is 15.0. The highest BCUT2D eigenvalue weighted by Crippen LogP contribution is 2.38. The molecule has 0 radical (unpaired) electrons. The maximum absolute atomic E-state index is 12.7. The van der Waals surface area contributed by atoms with Crippen molar-refractivity contribution in [1.29, 1.82) is 0 Å². The molecule has 1 aliphatic heterocycles. The minimum absolute atomic E-state index is 0.0437. The molecule has 166 valence electrons. The molecule has 0 spiro atoms. The predicted molar refractivity (Wildman–Crippen MR) is 113 cm³/mol. The van der Waals surface area contributed by atoms with Gasteiger partial charge in [0, 0.05) is 25.7 Å². The molecule has 2 aliphatic rings. The molecule has 2 amide bonds. The van der Waals surface area contributed by atoms with Gasteiger partial charge in [0.05, 0.1) is 26.9 Å². The van der Waals surface area contributed by atoms with Crippen molar-refractivity contribution in [3.63, 3.8) is 0 Å². The number of amides is 2. The average Bonchev–Trinajstić information content (AvgIpc) is 3.23. The largest absolute Gasteiger partial charge is 0.493 e. The van der Waals surface area contributed by atoms with Gasteiger partial charge in [0.25, 0.3) is 11.8 Å². The number of carbonyl (C=O) groups excluding carboxylic acids is 2. The number of para-hydroxylation sites is 1. The second kappa shape index (κ2) is 8.87. The molecule has 0 atom stereocenters. The highest BCUT2D eigenvalue weighted by atomic mass is 16.5. The Labute approximate surface area is 181 Å². The molecule has 2 aromatic rings. The molecule has 1 saturated carbocycles. The van der Waals surface area contributed by atoms with Gasteiger partial charge >= 0.3 is 0 Å². The van der Waals surface area contributed by atoms with E-state index in [1.165, 1.54) is 0 Å². The lowest BCUT2D eigenvalue weighted by Gasteiger charge is -2.29. The molecular weight excluding hydrogens is 400 g/mol. The quantitative estimate of drug-likeness (QED) is 0.757. The van der Waals surface area contributed by atoms with Crippen LogP contribution in [0.1, 0.15) is 46.7 Å². The van der Waals surface area contributed by atoms with Crippen molar-refractivity contribution in [3.8, 4) is 17.2 Å². The molecule has 1 aromatic carbocycles. The third-order valence-corrected chi connectivity index (χ3v) is 5.90. The van der Waals surface area contributed by atoms with Gasteiger partial charge in [-0.3, -0.25) is 14.3 Å². The van der Waals surface area contributed by atoms with Crippen LogP contribution in [0.2, 0.25) is 0 Å². The third kappa shape index (κ3) is 4.30. The molecule has 4 rings (SSSR count). The predicted octanol–water partition coefficient (Wildman–Crippen LogP) is 2.11. The summed E-state index contributed by atoms with van der Waals surface area (Å²) in [5, 5.41) is 7.37. The van der Waals surface area contributed by atoms with Crippen LogP contribution < -0.4 is 19.5 Å². The second-order valence-electron chi connectivity index (χ2n) is 7.92. The van der Waals surface area contributed by atoms with Crippen LogP contribution in [0.4, 0.5) is 0 Å². The highest BCUT2D eigenvalue weighted by molar-refractivity contribution is 5.98. The number of rotatable bonds is 6. The van der Waals surface area contributed by atoms with Crippen molar-refractivity contribution in [2.75, 3.05) is 27.8 Å². The van der Waals surface area contributed by atoms with Gasteiger partial charge in [-0.15, -0.1) is 0 Å². The normalized spacial score (nSPS) is 20.7. The van der Waals surface area contributed by atoms with Crippen LogP contribution in [0.3, 0.4) is 0 Å². The summed E-state index contributed by atoms with van der Waals surface area (Å²) in [6.07, 6.45) is 3.28. The second-order valence-corrected chi connectivity index (χ2v) is 7.92. The molecule has 2 heterocycles. The van der Waals surface area contributed by atoms with Crippen LogP contribution in [-0.2, 0) is 6.54 Å². The Kier molecular flexibility index (Phi) is 6.01. The maximum atomic E-state index is 12.7. The number of nitrogens with zero attached hydrogens (tertiary/aromatic N) is 3. The number of methoxy groups -OCH3 is 2. The van der Waals surface area contributed by atoms with Gasteiger partial charge in [-0.1, -0.05) is 6.07 Å². The minimum atomic E-state index is -0.240. The van der Waals surface area contributed by atoms with Gasteiger partial charge in [-0.05, 0) is 37.8 Å². The fourth-order valence-corrected chi connectivity index (χ4v) is 4.13. The Bertz CT molecular complexity index is 965. The molecule has 1 N–H and O–H groups in total. The number of carbonyl (C=O) groups is 2. The Morgan fingerprint density at radius 3 is 2.55 bits per heavy atom. The standard InChI is InChI=1S/C22H28N4O5/c1-25-11-12-26-17(22(25)28)13-16(24-26)21(27)23-14-7-9-15(10-8-14)31-19-6-4-5-18(29-2)20(19)30-3/h4-6,13-15H,7-12H2,1-3H3,(H,23,27). The van der Waals surface area contributed by atoms with Crippen molar-refractivity contribution in [2.45, 2.75) is 44.4 Å². The van der Waals surface area contributed by atoms with Crippen molar-refractivity contribution in [1.82, 2.24) is 20.0 Å². The zero-order valence-electron chi connectivity index (χ0n) is 18.1. The molecule has 0 unspecified atom stereocenters. The number of aromatic nitrogens is 2. The van der Waals surface area contributed by atoms with E-state index in [0.717, 1.165) is 25.7 Å². The Hall–Kier alpha value is -3.23. The van der Waals surface area contributed by atoms with Gasteiger partial charge in [0.1, 0.15) is 5.69 Å². The van der Waals surface area contributed by atoms with Crippen molar-refractivity contribution in [2.24, 2.45) is 0 Å². The molecule has 0 bridgehead atoms. The summed E-state index contributed by atoms with van der Waals surface area (Å²) < 4.78 is 18.5. The number of fused-ring (bicyclic) bond motifs is 1. The third-order valence-electron chi connectivity index (χ3n) is 5.90. The molecule has 0 saturated heterocycles. The lowest BCUT2D eigenvalue weighted by Crippen LogP contribution is -2.40. The zero-order valence-corrected chi connectivity index (χ0v) is 18.1. The smallest absolute Gasteiger partial charge is 0.272 e. The molecule has 1 aromatic heterocycles. The van der Waals surface area contributed by atoms with Crippen LogP contribution in [0.15, 0.2) is 24.3 Å². The number of likely N-dealkylation sites (N-methyl/N-ethyl adjacent to an activating group) is 1.